The minimum absolute atomic E-state index is 0.0388. The van der Waals surface area contributed by atoms with E-state index < -0.39 is 5.82 Å². The molecule has 0 aliphatic carbocycles. The first kappa shape index (κ1) is 16.5. The molecule has 1 amide bonds. The molecular formula is C17H19ClFN5O. The van der Waals surface area contributed by atoms with Crippen molar-refractivity contribution >= 4 is 17.5 Å². The summed E-state index contributed by atoms with van der Waals surface area (Å²) in [6.45, 7) is 3.71. The maximum Gasteiger partial charge on any atom is 0.256 e. The number of aromatic nitrogens is 3. The quantitative estimate of drug-likeness (QED) is 0.888. The minimum Gasteiger partial charge on any atom is -0.339 e. The van der Waals surface area contributed by atoms with Gasteiger partial charge in [0.15, 0.2) is 0 Å². The Morgan fingerprint density at radius 2 is 2.04 bits per heavy atom. The van der Waals surface area contributed by atoms with E-state index in [0.29, 0.717) is 18.1 Å². The number of carbonyl (C=O) groups excluding carboxylic acids is 1. The number of nitrogens with one attached hydrogen (secondary N) is 1. The molecule has 25 heavy (non-hydrogen) atoms. The fourth-order valence-electron chi connectivity index (χ4n) is 3.59. The molecule has 0 spiro atoms. The predicted molar refractivity (Wildman–Crippen MR) is 91.0 cm³/mol. The average Bonchev–Trinajstić information content (AvgIpc) is 3.07. The normalized spacial score (nSPS) is 18.2. The van der Waals surface area contributed by atoms with Gasteiger partial charge in [-0.3, -0.25) is 4.79 Å². The molecule has 0 saturated carbocycles. The van der Waals surface area contributed by atoms with Crippen molar-refractivity contribution in [2.75, 3.05) is 19.6 Å². The lowest BCUT2D eigenvalue weighted by Crippen LogP contribution is -2.39. The third-order valence-electron chi connectivity index (χ3n) is 4.96. The van der Waals surface area contributed by atoms with Gasteiger partial charge in [-0.1, -0.05) is 11.6 Å². The number of carbonyl (C=O) groups is 1. The summed E-state index contributed by atoms with van der Waals surface area (Å²) in [7, 11) is 0. The Morgan fingerprint density at radius 3 is 2.84 bits per heavy atom. The van der Waals surface area contributed by atoms with Crippen LogP contribution in [0.2, 0.25) is 5.02 Å². The summed E-state index contributed by atoms with van der Waals surface area (Å²) in [6.07, 6.45) is 1.61. The van der Waals surface area contributed by atoms with E-state index in [1.807, 2.05) is 0 Å². The van der Waals surface area contributed by atoms with E-state index in [0.717, 1.165) is 44.1 Å². The third kappa shape index (κ3) is 3.14. The van der Waals surface area contributed by atoms with E-state index in [1.54, 1.807) is 4.90 Å². The smallest absolute Gasteiger partial charge is 0.256 e. The van der Waals surface area contributed by atoms with Gasteiger partial charge >= 0.3 is 0 Å². The van der Waals surface area contributed by atoms with Crippen molar-refractivity contribution in [2.45, 2.75) is 31.8 Å². The minimum atomic E-state index is -0.532. The molecule has 0 radical (unpaired) electrons. The Morgan fingerprint density at radius 1 is 1.24 bits per heavy atom. The molecule has 1 aromatic heterocycles. The van der Waals surface area contributed by atoms with E-state index in [2.05, 4.69) is 20.1 Å². The molecule has 8 heteroatoms. The van der Waals surface area contributed by atoms with Gasteiger partial charge in [0.25, 0.3) is 5.91 Å². The van der Waals surface area contributed by atoms with E-state index >= 15 is 0 Å². The van der Waals surface area contributed by atoms with E-state index in [-0.39, 0.29) is 17.4 Å². The van der Waals surface area contributed by atoms with Crippen LogP contribution in [0.25, 0.3) is 0 Å². The summed E-state index contributed by atoms with van der Waals surface area (Å²) < 4.78 is 16.1. The topological polar surface area (TPSA) is 63.1 Å². The van der Waals surface area contributed by atoms with Crippen molar-refractivity contribution in [2.24, 2.45) is 0 Å². The highest BCUT2D eigenvalue weighted by Crippen LogP contribution is 2.29. The highest BCUT2D eigenvalue weighted by molar-refractivity contribution is 6.31. The number of benzene rings is 1. The number of piperidine rings is 1. The van der Waals surface area contributed by atoms with Gasteiger partial charge in [0.05, 0.1) is 12.1 Å². The van der Waals surface area contributed by atoms with Crippen LogP contribution in [0.5, 0.6) is 0 Å². The van der Waals surface area contributed by atoms with Gasteiger partial charge in [-0.15, -0.1) is 10.2 Å². The lowest BCUT2D eigenvalue weighted by Gasteiger charge is -2.32. The van der Waals surface area contributed by atoms with Gasteiger partial charge in [0.1, 0.15) is 17.5 Å². The first-order valence-electron chi connectivity index (χ1n) is 8.50. The van der Waals surface area contributed by atoms with E-state index in [4.69, 9.17) is 11.6 Å². The molecule has 4 rings (SSSR count). The van der Waals surface area contributed by atoms with Crippen molar-refractivity contribution in [3.05, 3.63) is 46.3 Å². The molecule has 0 bridgehead atoms. The zero-order valence-electron chi connectivity index (χ0n) is 13.7. The van der Waals surface area contributed by atoms with Gasteiger partial charge in [0, 0.05) is 37.1 Å². The molecule has 1 aromatic carbocycles. The summed E-state index contributed by atoms with van der Waals surface area (Å²) in [5, 5.41) is 12.3. The van der Waals surface area contributed by atoms with E-state index in [9.17, 15) is 9.18 Å². The van der Waals surface area contributed by atoms with Crippen molar-refractivity contribution in [1.82, 2.24) is 25.0 Å². The molecule has 132 valence electrons. The first-order chi connectivity index (χ1) is 12.1. The Labute approximate surface area is 150 Å². The number of hydrogen-bond acceptors (Lipinski definition) is 4. The van der Waals surface area contributed by atoms with Crippen molar-refractivity contribution in [3.63, 3.8) is 0 Å². The number of nitrogens with zero attached hydrogens (tertiary/aromatic N) is 4. The Hall–Kier alpha value is -1.99. The molecule has 0 unspecified atom stereocenters. The molecule has 0 atom stereocenters. The van der Waals surface area contributed by atoms with Crippen LogP contribution in [-0.2, 0) is 13.1 Å². The maximum atomic E-state index is 13.9. The maximum absolute atomic E-state index is 13.9. The average molecular weight is 364 g/mol. The van der Waals surface area contributed by atoms with Gasteiger partial charge in [-0.05, 0) is 31.0 Å². The van der Waals surface area contributed by atoms with Gasteiger partial charge in [0.2, 0.25) is 0 Å². The standard InChI is InChI=1S/C17H19ClFN5O/c18-12-1-2-14(19)13(9-12)17(25)23-6-3-11(4-7-23)16-22-21-15-10-20-5-8-24(15)16/h1-2,9,11,20H,3-8,10H2. The fraction of sp³-hybridized carbons (Fsp3) is 0.471. The molecule has 2 aliphatic heterocycles. The molecule has 2 aliphatic rings. The zero-order chi connectivity index (χ0) is 17.4. The van der Waals surface area contributed by atoms with Crippen LogP contribution < -0.4 is 5.32 Å². The Bertz CT molecular complexity index is 800. The number of likely N-dealkylation sites (tertiary alicyclic amines) is 1. The predicted octanol–water partition coefficient (Wildman–Crippen LogP) is 2.19. The van der Waals surface area contributed by atoms with Gasteiger partial charge in [-0.25, -0.2) is 4.39 Å². The molecule has 1 N–H and O–H groups in total. The number of amides is 1. The highest BCUT2D eigenvalue weighted by Gasteiger charge is 2.30. The van der Waals surface area contributed by atoms with Crippen molar-refractivity contribution in [3.8, 4) is 0 Å². The number of fused-ring (bicyclic) bond motifs is 1. The molecule has 2 aromatic rings. The van der Waals surface area contributed by atoms with Crippen molar-refractivity contribution < 1.29 is 9.18 Å². The lowest BCUT2D eigenvalue weighted by atomic mass is 9.95. The molecule has 1 fully saturated rings. The number of hydrogen-bond donors (Lipinski definition) is 1. The fourth-order valence-corrected chi connectivity index (χ4v) is 3.76. The lowest BCUT2D eigenvalue weighted by molar-refractivity contribution is 0.0705. The summed E-state index contributed by atoms with van der Waals surface area (Å²) in [5.74, 6) is 1.44. The molecule has 3 heterocycles. The Balaban J connectivity index is 1.45. The number of halogens is 2. The van der Waals surface area contributed by atoms with Crippen LogP contribution >= 0.6 is 11.6 Å². The second-order valence-electron chi connectivity index (χ2n) is 6.49. The molecular weight excluding hydrogens is 345 g/mol. The number of rotatable bonds is 2. The van der Waals surface area contributed by atoms with Gasteiger partial charge < -0.3 is 14.8 Å². The van der Waals surface area contributed by atoms with Gasteiger partial charge in [-0.2, -0.15) is 0 Å². The summed E-state index contributed by atoms with van der Waals surface area (Å²) in [6, 6.07) is 4.08. The largest absolute Gasteiger partial charge is 0.339 e. The van der Waals surface area contributed by atoms with Crippen molar-refractivity contribution in [1.29, 1.82) is 0 Å². The summed E-state index contributed by atoms with van der Waals surface area (Å²) in [4.78, 5) is 14.3. The van der Waals surface area contributed by atoms with E-state index in [1.165, 1.54) is 18.2 Å². The Kier molecular flexibility index (Phi) is 4.43. The van der Waals surface area contributed by atoms with Crippen LogP contribution in [0.15, 0.2) is 18.2 Å². The summed E-state index contributed by atoms with van der Waals surface area (Å²) >= 11 is 5.90. The monoisotopic (exact) mass is 363 g/mol. The van der Waals surface area contributed by atoms with Crippen LogP contribution in [0.1, 0.15) is 40.8 Å². The van der Waals surface area contributed by atoms with Crippen LogP contribution in [0, 0.1) is 5.82 Å². The second-order valence-corrected chi connectivity index (χ2v) is 6.93. The third-order valence-corrected chi connectivity index (χ3v) is 5.19. The first-order valence-corrected chi connectivity index (χ1v) is 8.88. The highest BCUT2D eigenvalue weighted by atomic mass is 35.5. The van der Waals surface area contributed by atoms with Crippen LogP contribution in [-0.4, -0.2) is 45.2 Å². The SMILES string of the molecule is O=C(c1cc(Cl)ccc1F)N1CCC(c2nnc3n2CCNC3)CC1. The summed E-state index contributed by atoms with van der Waals surface area (Å²) in [5.41, 5.74) is 0.0388. The second kappa shape index (κ2) is 6.72. The molecule has 1 saturated heterocycles. The van der Waals surface area contributed by atoms with Crippen LogP contribution in [0.3, 0.4) is 0 Å². The molecule has 6 nitrogen and oxygen atoms in total. The zero-order valence-corrected chi connectivity index (χ0v) is 14.5. The van der Waals surface area contributed by atoms with Crippen LogP contribution in [0.4, 0.5) is 4.39 Å².